The van der Waals surface area contributed by atoms with E-state index in [1.54, 1.807) is 0 Å². The third-order valence-electron chi connectivity index (χ3n) is 4.27. The number of aromatic nitrogens is 3. The zero-order chi connectivity index (χ0) is 20.3. The predicted molar refractivity (Wildman–Crippen MR) is 112 cm³/mol. The lowest BCUT2D eigenvalue weighted by molar-refractivity contribution is 0.490. The minimum absolute atomic E-state index is 0.500. The summed E-state index contributed by atoms with van der Waals surface area (Å²) in [7, 11) is -3.67. The van der Waals surface area contributed by atoms with Gasteiger partial charge in [-0.3, -0.25) is 4.55 Å². The van der Waals surface area contributed by atoms with Gasteiger partial charge < -0.3 is 10.3 Å². The Morgan fingerprint density at radius 1 is 1.04 bits per heavy atom. The first-order chi connectivity index (χ1) is 13.2. The minimum atomic E-state index is -3.67. The molecule has 0 unspecified atom stereocenters. The Morgan fingerprint density at radius 3 is 2.32 bits per heavy atom. The number of imidazole rings is 1. The fraction of sp³-hybridized carbons (Fsp3) is 0.200. The second-order valence-corrected chi connectivity index (χ2v) is 7.96. The Balaban J connectivity index is 0.000000403. The third kappa shape index (κ3) is 4.65. The van der Waals surface area contributed by atoms with Crippen LogP contribution in [0.2, 0.25) is 0 Å². The van der Waals surface area contributed by atoms with Crippen LogP contribution in [0, 0.1) is 6.92 Å². The van der Waals surface area contributed by atoms with Gasteiger partial charge in [0.25, 0.3) is 10.1 Å². The molecule has 0 radical (unpaired) electrons. The largest absolute Gasteiger partial charge is 0.382 e. The van der Waals surface area contributed by atoms with Crippen molar-refractivity contribution >= 4 is 37.9 Å². The highest BCUT2D eigenvalue weighted by atomic mass is 32.2. The van der Waals surface area contributed by atoms with Gasteiger partial charge in [-0.05, 0) is 25.0 Å². The fourth-order valence-corrected chi connectivity index (χ4v) is 3.13. The van der Waals surface area contributed by atoms with E-state index in [1.165, 1.54) is 5.56 Å². The number of rotatable bonds is 3. The number of hydrogen-bond acceptors (Lipinski definition) is 5. The number of benzene rings is 2. The van der Waals surface area contributed by atoms with Crippen molar-refractivity contribution in [2.75, 3.05) is 12.0 Å². The third-order valence-corrected chi connectivity index (χ3v) is 4.27. The quantitative estimate of drug-likeness (QED) is 0.513. The molecule has 0 fully saturated rings. The van der Waals surface area contributed by atoms with E-state index >= 15 is 0 Å². The Morgan fingerprint density at radius 2 is 1.64 bits per heavy atom. The normalized spacial score (nSPS) is 11.4. The molecule has 8 heteroatoms. The van der Waals surface area contributed by atoms with Crippen molar-refractivity contribution in [2.45, 2.75) is 19.9 Å². The molecule has 0 atom stereocenters. The zero-order valence-corrected chi connectivity index (χ0v) is 16.5. The van der Waals surface area contributed by atoms with Gasteiger partial charge in [0, 0.05) is 11.9 Å². The van der Waals surface area contributed by atoms with Gasteiger partial charge >= 0.3 is 0 Å². The lowest BCUT2D eigenvalue weighted by Crippen LogP contribution is -2.04. The lowest BCUT2D eigenvalue weighted by Gasteiger charge is -2.09. The first kappa shape index (κ1) is 19.8. The van der Waals surface area contributed by atoms with Crippen molar-refractivity contribution in [1.29, 1.82) is 0 Å². The van der Waals surface area contributed by atoms with Gasteiger partial charge in [0.1, 0.15) is 11.3 Å². The summed E-state index contributed by atoms with van der Waals surface area (Å²) >= 11 is 0. The average Bonchev–Trinajstić information content (AvgIpc) is 2.97. The van der Waals surface area contributed by atoms with Gasteiger partial charge in [0.2, 0.25) is 0 Å². The summed E-state index contributed by atoms with van der Waals surface area (Å²) < 4.78 is 28.1. The maximum atomic E-state index is 9.19. The van der Waals surface area contributed by atoms with Crippen molar-refractivity contribution in [2.24, 2.45) is 0 Å². The van der Waals surface area contributed by atoms with E-state index in [2.05, 4.69) is 44.9 Å². The number of nitrogen functional groups attached to an aromatic ring is 1. The summed E-state index contributed by atoms with van der Waals surface area (Å²) in [6.07, 6.45) is 1.68. The van der Waals surface area contributed by atoms with Crippen LogP contribution < -0.4 is 5.73 Å². The molecule has 2 aromatic heterocycles. The fourth-order valence-electron chi connectivity index (χ4n) is 3.13. The number of pyridine rings is 1. The Labute approximate surface area is 163 Å². The highest BCUT2D eigenvalue weighted by Gasteiger charge is 2.14. The smallest absolute Gasteiger partial charge is 0.261 e. The maximum Gasteiger partial charge on any atom is 0.261 e. The number of para-hydroxylation sites is 1. The second kappa shape index (κ2) is 7.95. The van der Waals surface area contributed by atoms with Crippen molar-refractivity contribution in [3.05, 3.63) is 66.0 Å². The molecule has 0 aliphatic rings. The molecule has 0 saturated carbocycles. The van der Waals surface area contributed by atoms with Crippen molar-refractivity contribution in [3.63, 3.8) is 0 Å². The molecule has 4 aromatic rings. The monoisotopic (exact) mass is 398 g/mol. The second-order valence-electron chi connectivity index (χ2n) is 6.49. The van der Waals surface area contributed by atoms with Crippen LogP contribution in [0.1, 0.15) is 11.4 Å². The topological polar surface area (TPSA) is 111 Å². The van der Waals surface area contributed by atoms with Gasteiger partial charge in [-0.25, -0.2) is 9.97 Å². The van der Waals surface area contributed by atoms with Crippen LogP contribution >= 0.6 is 0 Å². The lowest BCUT2D eigenvalue weighted by atomic mass is 10.1. The number of nitrogens with zero attached hydrogens (tertiary/aromatic N) is 3. The number of aryl methyl sites for hydroxylation is 3. The van der Waals surface area contributed by atoms with Crippen LogP contribution in [-0.2, 0) is 23.1 Å². The first-order valence-electron chi connectivity index (χ1n) is 8.71. The van der Waals surface area contributed by atoms with E-state index in [0.29, 0.717) is 12.1 Å². The number of fused-ring (bicyclic) bond motifs is 3. The standard InChI is InChI=1S/C19H18N4.CH4O3S/c1-13-21-17-18(15-9-5-6-10-16(15)22-19(17)20)23(13)12-11-14-7-3-2-4-8-14;1-5(2,3)4/h2-10H,11-12H2,1H3,(H2,20,22);1H3,(H,2,3,4). The summed E-state index contributed by atoms with van der Waals surface area (Å²) in [5.41, 5.74) is 10.2. The Bertz CT molecular complexity index is 1210. The molecule has 0 saturated heterocycles. The molecule has 7 nitrogen and oxygen atoms in total. The number of nitrogens with two attached hydrogens (primary N) is 1. The van der Waals surface area contributed by atoms with Crippen LogP contribution in [0.4, 0.5) is 5.82 Å². The van der Waals surface area contributed by atoms with Crippen LogP contribution in [0.15, 0.2) is 54.6 Å². The predicted octanol–water partition coefficient (Wildman–Crippen LogP) is 3.22. The number of anilines is 1. The summed E-state index contributed by atoms with van der Waals surface area (Å²) in [6.45, 7) is 2.90. The highest BCUT2D eigenvalue weighted by Crippen LogP contribution is 2.28. The molecule has 0 bridgehead atoms. The molecule has 4 rings (SSSR count). The van der Waals surface area contributed by atoms with E-state index < -0.39 is 10.1 Å². The van der Waals surface area contributed by atoms with Crippen molar-refractivity contribution < 1.29 is 13.0 Å². The molecule has 0 aliphatic heterocycles. The van der Waals surface area contributed by atoms with Gasteiger partial charge in [-0.1, -0.05) is 48.5 Å². The first-order valence-corrected chi connectivity index (χ1v) is 10.6. The SMILES string of the molecule is CS(=O)(=O)O.Cc1nc2c(N)nc3ccccc3c2n1CCc1ccccc1. The van der Waals surface area contributed by atoms with Gasteiger partial charge in [0.15, 0.2) is 5.82 Å². The van der Waals surface area contributed by atoms with E-state index in [1.807, 2.05) is 31.2 Å². The van der Waals surface area contributed by atoms with Gasteiger partial charge in [0.05, 0.1) is 17.3 Å². The van der Waals surface area contributed by atoms with Crippen molar-refractivity contribution in [3.8, 4) is 0 Å². The summed E-state index contributed by atoms with van der Waals surface area (Å²) in [5.74, 6) is 1.47. The van der Waals surface area contributed by atoms with E-state index in [0.717, 1.165) is 40.7 Å². The van der Waals surface area contributed by atoms with E-state index in [9.17, 15) is 8.42 Å². The summed E-state index contributed by atoms with van der Waals surface area (Å²) in [4.78, 5) is 9.13. The van der Waals surface area contributed by atoms with Crippen LogP contribution in [0.25, 0.3) is 21.9 Å². The molecule has 3 N–H and O–H groups in total. The molecular weight excluding hydrogens is 376 g/mol. The van der Waals surface area contributed by atoms with E-state index in [4.69, 9.17) is 10.3 Å². The molecule has 2 aromatic carbocycles. The minimum Gasteiger partial charge on any atom is -0.382 e. The van der Waals surface area contributed by atoms with E-state index in [-0.39, 0.29) is 0 Å². The molecular formula is C20H22N4O3S. The zero-order valence-electron chi connectivity index (χ0n) is 15.7. The number of hydrogen-bond donors (Lipinski definition) is 2. The van der Waals surface area contributed by atoms with Gasteiger partial charge in [-0.15, -0.1) is 0 Å². The molecule has 2 heterocycles. The maximum absolute atomic E-state index is 9.19. The molecule has 0 amide bonds. The Hall–Kier alpha value is -2.97. The van der Waals surface area contributed by atoms with Crippen LogP contribution in [-0.4, -0.2) is 33.8 Å². The highest BCUT2D eigenvalue weighted by molar-refractivity contribution is 7.85. The van der Waals surface area contributed by atoms with Crippen LogP contribution in [0.3, 0.4) is 0 Å². The summed E-state index contributed by atoms with van der Waals surface area (Å²) in [6, 6.07) is 18.6. The molecule has 0 spiro atoms. The summed E-state index contributed by atoms with van der Waals surface area (Å²) in [5, 5.41) is 1.10. The molecule has 28 heavy (non-hydrogen) atoms. The molecule has 0 aliphatic carbocycles. The Kier molecular flexibility index (Phi) is 5.62. The van der Waals surface area contributed by atoms with Crippen molar-refractivity contribution in [1.82, 2.24) is 14.5 Å². The van der Waals surface area contributed by atoms with Crippen LogP contribution in [0.5, 0.6) is 0 Å². The van der Waals surface area contributed by atoms with Gasteiger partial charge in [-0.2, -0.15) is 8.42 Å². The molecule has 146 valence electrons. The average molecular weight is 398 g/mol.